The fraction of sp³-hybridized carbons (Fsp3) is 0.300. The molecule has 0 spiro atoms. The van der Waals surface area contributed by atoms with E-state index in [1.54, 1.807) is 37.4 Å². The number of phenols is 1. The van der Waals surface area contributed by atoms with Crippen molar-refractivity contribution in [3.63, 3.8) is 0 Å². The molecule has 1 atom stereocenters. The lowest BCUT2D eigenvalue weighted by Crippen LogP contribution is -2.30. The Morgan fingerprint density at radius 3 is 2.16 bits per heavy atom. The largest absolute Gasteiger partial charge is 0.508 e. The molecular weight excluding hydrogens is 486 g/mol. The number of hydrogen-bond donors (Lipinski definition) is 1. The molecule has 1 N–H and O–H groups in total. The predicted octanol–water partition coefficient (Wildman–Crippen LogP) is 5.77. The molecule has 0 aliphatic carbocycles. The zero-order valence-electron chi connectivity index (χ0n) is 21.5. The molecule has 3 aromatic carbocycles. The van der Waals surface area contributed by atoms with Crippen LogP contribution in [-0.4, -0.2) is 53.3 Å². The van der Waals surface area contributed by atoms with E-state index in [9.17, 15) is 14.1 Å². The van der Waals surface area contributed by atoms with E-state index in [1.807, 2.05) is 24.3 Å². The lowest BCUT2D eigenvalue weighted by molar-refractivity contribution is 0.105. The number of carbonyl (C=O) groups is 1. The number of fused-ring (bicyclic) bond motifs is 1. The predicted molar refractivity (Wildman–Crippen MR) is 148 cm³/mol. The summed E-state index contributed by atoms with van der Waals surface area (Å²) in [6, 6.07) is 18.8. The van der Waals surface area contributed by atoms with Crippen LogP contribution in [0.3, 0.4) is 0 Å². The van der Waals surface area contributed by atoms with Gasteiger partial charge in [-0.25, -0.2) is 4.21 Å². The van der Waals surface area contributed by atoms with Crippen molar-refractivity contribution in [2.24, 2.45) is 0 Å². The minimum Gasteiger partial charge on any atom is -0.508 e. The van der Waals surface area contributed by atoms with Gasteiger partial charge in [0, 0.05) is 23.2 Å². The summed E-state index contributed by atoms with van der Waals surface area (Å²) >= 11 is 0. The molecule has 7 heteroatoms. The molecule has 0 aromatic heterocycles. The molecule has 0 bridgehead atoms. The molecular formula is C30H33NO5S. The number of phenolic OH excluding ortho intramolecular Hbond substituents is 1. The minimum absolute atomic E-state index is 0.0778. The number of hydrogen-bond acceptors (Lipinski definition) is 6. The summed E-state index contributed by atoms with van der Waals surface area (Å²) in [5.41, 5.74) is 2.13. The van der Waals surface area contributed by atoms with E-state index in [4.69, 9.17) is 9.47 Å². The second kappa shape index (κ2) is 12.2. The molecule has 0 amide bonds. The van der Waals surface area contributed by atoms with Gasteiger partial charge in [0.15, 0.2) is 5.78 Å². The van der Waals surface area contributed by atoms with Crippen molar-refractivity contribution in [3.8, 4) is 17.2 Å². The third kappa shape index (κ3) is 5.95. The third-order valence-corrected chi connectivity index (χ3v) is 7.85. The monoisotopic (exact) mass is 519 g/mol. The molecule has 3 aromatic rings. The number of allylic oxidation sites excluding steroid dienone is 1. The van der Waals surface area contributed by atoms with Crippen LogP contribution in [0.1, 0.15) is 48.2 Å². The number of benzene rings is 3. The quantitative estimate of drug-likeness (QED) is 0.306. The average Bonchev–Trinajstić information content (AvgIpc) is 3.20. The Hall–Kier alpha value is -3.42. The van der Waals surface area contributed by atoms with Crippen LogP contribution in [0.15, 0.2) is 71.6 Å². The zero-order valence-corrected chi connectivity index (χ0v) is 22.3. The summed E-state index contributed by atoms with van der Waals surface area (Å²) in [5.74, 6) is 1.13. The van der Waals surface area contributed by atoms with Crippen molar-refractivity contribution < 1.29 is 23.6 Å². The van der Waals surface area contributed by atoms with Crippen LogP contribution < -0.4 is 9.47 Å². The average molecular weight is 520 g/mol. The first kappa shape index (κ1) is 26.6. The number of rotatable bonds is 12. The maximum absolute atomic E-state index is 13.7. The van der Waals surface area contributed by atoms with Crippen LogP contribution in [0.4, 0.5) is 0 Å². The second-order valence-electron chi connectivity index (χ2n) is 8.93. The second-order valence-corrected chi connectivity index (χ2v) is 10.3. The first-order valence-corrected chi connectivity index (χ1v) is 13.8. The summed E-state index contributed by atoms with van der Waals surface area (Å²) in [6.45, 7) is 7.92. The lowest BCUT2D eigenvalue weighted by atomic mass is 9.94. The van der Waals surface area contributed by atoms with Crippen molar-refractivity contribution in [1.82, 2.24) is 4.90 Å². The Labute approximate surface area is 221 Å². The van der Waals surface area contributed by atoms with Gasteiger partial charge in [-0.2, -0.15) is 0 Å². The fourth-order valence-electron chi connectivity index (χ4n) is 4.51. The third-order valence-electron chi connectivity index (χ3n) is 6.30. The van der Waals surface area contributed by atoms with Crippen molar-refractivity contribution >= 4 is 27.1 Å². The number of methoxy groups -OCH3 is 1. The number of nitrogens with zero attached hydrogens (tertiary/aromatic N) is 1. The maximum Gasteiger partial charge on any atom is 0.194 e. The highest BCUT2D eigenvalue weighted by Crippen LogP contribution is 2.44. The Bertz CT molecular complexity index is 1290. The normalized spacial score (nSPS) is 14.6. The topological polar surface area (TPSA) is 76.1 Å². The van der Waals surface area contributed by atoms with Gasteiger partial charge in [-0.1, -0.05) is 26.0 Å². The lowest BCUT2D eigenvalue weighted by Gasteiger charge is -2.20. The van der Waals surface area contributed by atoms with Crippen molar-refractivity contribution in [1.29, 1.82) is 0 Å². The molecule has 1 aliphatic rings. The van der Waals surface area contributed by atoms with E-state index in [0.29, 0.717) is 44.4 Å². The molecule has 0 fully saturated rings. The number of carbonyl (C=O) groups excluding carboxylic acids is 1. The summed E-state index contributed by atoms with van der Waals surface area (Å²) < 4.78 is 25.0. The zero-order chi connectivity index (χ0) is 26.4. The Kier molecular flexibility index (Phi) is 8.79. The van der Waals surface area contributed by atoms with Crippen molar-refractivity contribution in [2.75, 3.05) is 33.4 Å². The van der Waals surface area contributed by atoms with Gasteiger partial charge in [0.25, 0.3) is 0 Å². The molecule has 1 heterocycles. The first-order chi connectivity index (χ1) is 18.0. The van der Waals surface area contributed by atoms with Gasteiger partial charge in [0.1, 0.15) is 23.9 Å². The molecule has 1 unspecified atom stereocenters. The van der Waals surface area contributed by atoms with E-state index in [1.165, 1.54) is 12.1 Å². The van der Waals surface area contributed by atoms with Crippen LogP contribution in [0.5, 0.6) is 17.2 Å². The number of ether oxygens (including phenoxy) is 2. The molecule has 6 nitrogen and oxygen atoms in total. The molecule has 194 valence electrons. The summed E-state index contributed by atoms with van der Waals surface area (Å²) in [4.78, 5) is 17.1. The summed E-state index contributed by atoms with van der Waals surface area (Å²) in [7, 11) is -0.0138. The minimum atomic E-state index is -1.57. The van der Waals surface area contributed by atoms with E-state index >= 15 is 0 Å². The molecule has 0 saturated heterocycles. The number of aromatic hydroxyl groups is 1. The summed E-state index contributed by atoms with van der Waals surface area (Å²) in [5, 5.41) is 9.66. The maximum atomic E-state index is 13.7. The fourth-order valence-corrected chi connectivity index (χ4v) is 6.06. The smallest absolute Gasteiger partial charge is 0.194 e. The van der Waals surface area contributed by atoms with Crippen LogP contribution in [0, 0.1) is 0 Å². The first-order valence-electron chi connectivity index (χ1n) is 12.6. The van der Waals surface area contributed by atoms with Gasteiger partial charge in [0.2, 0.25) is 0 Å². The highest BCUT2D eigenvalue weighted by Gasteiger charge is 2.34. The SMILES string of the molecule is CCCN(CCC)CCOc1ccc(C2=C(C(=O)c3ccc(O)cc3)c3ccc(OC)cc3S2=O)cc1. The molecule has 0 saturated carbocycles. The van der Waals surface area contributed by atoms with Gasteiger partial charge in [-0.15, -0.1) is 0 Å². The molecule has 0 radical (unpaired) electrons. The highest BCUT2D eigenvalue weighted by molar-refractivity contribution is 7.95. The number of ketones is 1. The molecule has 1 aliphatic heterocycles. The van der Waals surface area contributed by atoms with E-state index < -0.39 is 10.8 Å². The summed E-state index contributed by atoms with van der Waals surface area (Å²) in [6.07, 6.45) is 2.22. The van der Waals surface area contributed by atoms with Crippen molar-refractivity contribution in [3.05, 3.63) is 83.4 Å². The number of Topliss-reactive ketones (excluding diaryl/α,β-unsaturated/α-hetero) is 1. The van der Waals surface area contributed by atoms with E-state index in [2.05, 4.69) is 18.7 Å². The standard InChI is InChI=1S/C30H33NO5S/c1-4-16-31(17-5-2)18-19-36-24-12-8-22(9-13-24)30-28(29(33)21-6-10-23(32)11-7-21)26-15-14-25(35-3)20-27(26)37(30)34/h6-15,20,32H,4-5,16-19H2,1-3H3. The van der Waals surface area contributed by atoms with Crippen molar-refractivity contribution in [2.45, 2.75) is 31.6 Å². The van der Waals surface area contributed by atoms with Gasteiger partial charge in [-0.05, 0) is 86.1 Å². The Balaban J connectivity index is 1.63. The van der Waals surface area contributed by atoms with Crippen LogP contribution in [-0.2, 0) is 10.8 Å². The van der Waals surface area contributed by atoms with Crippen LogP contribution >= 0.6 is 0 Å². The Morgan fingerprint density at radius 1 is 0.892 bits per heavy atom. The van der Waals surface area contributed by atoms with E-state index in [-0.39, 0.29) is 11.5 Å². The van der Waals surface area contributed by atoms with Gasteiger partial charge in [0.05, 0.1) is 27.7 Å². The highest BCUT2D eigenvalue weighted by atomic mass is 32.2. The van der Waals surface area contributed by atoms with E-state index in [0.717, 1.165) is 38.2 Å². The van der Waals surface area contributed by atoms with Crippen LogP contribution in [0.25, 0.3) is 10.5 Å². The van der Waals surface area contributed by atoms with Gasteiger partial charge in [-0.3, -0.25) is 9.69 Å². The molecule has 37 heavy (non-hydrogen) atoms. The van der Waals surface area contributed by atoms with Gasteiger partial charge >= 0.3 is 0 Å². The van der Waals surface area contributed by atoms with Gasteiger partial charge < -0.3 is 14.6 Å². The van der Waals surface area contributed by atoms with Crippen LogP contribution in [0.2, 0.25) is 0 Å². The Morgan fingerprint density at radius 2 is 1.54 bits per heavy atom. The molecule has 4 rings (SSSR count).